The molecular formula is C21H28N2O6. The van der Waals surface area contributed by atoms with E-state index in [1.54, 1.807) is 12.1 Å². The zero-order valence-corrected chi connectivity index (χ0v) is 16.4. The van der Waals surface area contributed by atoms with Crippen LogP contribution in [0.15, 0.2) is 30.3 Å². The van der Waals surface area contributed by atoms with Gasteiger partial charge in [-0.1, -0.05) is 37.5 Å². The molecular weight excluding hydrogens is 376 g/mol. The van der Waals surface area contributed by atoms with E-state index < -0.39 is 12.2 Å². The van der Waals surface area contributed by atoms with Crippen LogP contribution in [0, 0.1) is 0 Å². The van der Waals surface area contributed by atoms with Crippen molar-refractivity contribution in [1.82, 2.24) is 10.6 Å². The number of alkyl carbamates (subject to hydrolysis) is 1. The van der Waals surface area contributed by atoms with Gasteiger partial charge in [-0.2, -0.15) is 0 Å². The van der Waals surface area contributed by atoms with Gasteiger partial charge in [0.1, 0.15) is 18.0 Å². The summed E-state index contributed by atoms with van der Waals surface area (Å²) in [5.74, 6) is 0.392. The van der Waals surface area contributed by atoms with Crippen molar-refractivity contribution in [3.63, 3.8) is 0 Å². The third-order valence-electron chi connectivity index (χ3n) is 5.65. The molecule has 2 heterocycles. The molecule has 0 radical (unpaired) electrons. The number of benzene rings is 1. The summed E-state index contributed by atoms with van der Waals surface area (Å²) >= 11 is 0. The van der Waals surface area contributed by atoms with Crippen LogP contribution in [0.25, 0.3) is 0 Å². The van der Waals surface area contributed by atoms with Crippen LogP contribution in [0.5, 0.6) is 5.75 Å². The van der Waals surface area contributed by atoms with E-state index in [0.29, 0.717) is 12.4 Å². The standard InChI is InChI=1S/C21H28N2O6/c24-18(13-26-15-9-5-2-6-10-15)23-16-11-27-20-17(12-28-19(16)20)29-21(25)22-14-7-3-1-4-8-14/h2,5-6,9-10,14,16-17,19-20H,1,3-4,7-8,11-13H2,(H,22,25)(H,23,24)/t16-,17+,19+,20+/m0/s1. The molecule has 0 unspecified atom stereocenters. The summed E-state index contributed by atoms with van der Waals surface area (Å²) in [6.45, 7) is 0.498. The predicted molar refractivity (Wildman–Crippen MR) is 104 cm³/mol. The van der Waals surface area contributed by atoms with Gasteiger partial charge in [-0.15, -0.1) is 0 Å². The van der Waals surface area contributed by atoms with Crippen LogP contribution in [0.1, 0.15) is 32.1 Å². The average molecular weight is 404 g/mol. The third-order valence-corrected chi connectivity index (χ3v) is 5.65. The molecule has 8 nitrogen and oxygen atoms in total. The molecule has 1 aliphatic carbocycles. The minimum Gasteiger partial charge on any atom is -0.484 e. The maximum absolute atomic E-state index is 12.2. The molecule has 0 bridgehead atoms. The fourth-order valence-electron chi connectivity index (χ4n) is 4.19. The average Bonchev–Trinajstić information content (AvgIpc) is 3.31. The van der Waals surface area contributed by atoms with Crippen LogP contribution in [0.2, 0.25) is 0 Å². The van der Waals surface area contributed by atoms with Crippen molar-refractivity contribution in [2.24, 2.45) is 0 Å². The number of nitrogens with one attached hydrogen (secondary N) is 2. The summed E-state index contributed by atoms with van der Waals surface area (Å²) in [7, 11) is 0. The Bertz CT molecular complexity index is 694. The van der Waals surface area contributed by atoms with Crippen molar-refractivity contribution >= 4 is 12.0 Å². The number of carbonyl (C=O) groups excluding carboxylic acids is 2. The van der Waals surface area contributed by atoms with E-state index in [-0.39, 0.29) is 43.4 Å². The Morgan fingerprint density at radius 2 is 1.72 bits per heavy atom. The molecule has 2 N–H and O–H groups in total. The number of hydrogen-bond acceptors (Lipinski definition) is 6. The second-order valence-electron chi connectivity index (χ2n) is 7.79. The molecule has 0 aromatic heterocycles. The molecule has 1 aromatic rings. The summed E-state index contributed by atoms with van der Waals surface area (Å²) in [5, 5.41) is 5.83. The van der Waals surface area contributed by atoms with E-state index in [2.05, 4.69) is 10.6 Å². The molecule has 8 heteroatoms. The predicted octanol–water partition coefficient (Wildman–Crippen LogP) is 1.78. The second kappa shape index (κ2) is 9.45. The molecule has 4 atom stereocenters. The first-order valence-corrected chi connectivity index (χ1v) is 10.4. The first-order valence-electron chi connectivity index (χ1n) is 10.4. The number of hydrogen-bond donors (Lipinski definition) is 2. The first-order chi connectivity index (χ1) is 14.2. The Morgan fingerprint density at radius 1 is 0.966 bits per heavy atom. The van der Waals surface area contributed by atoms with Gasteiger partial charge in [0, 0.05) is 6.04 Å². The summed E-state index contributed by atoms with van der Waals surface area (Å²) in [4.78, 5) is 24.4. The molecule has 29 heavy (non-hydrogen) atoms. The highest BCUT2D eigenvalue weighted by atomic mass is 16.6. The van der Waals surface area contributed by atoms with E-state index >= 15 is 0 Å². The fraction of sp³-hybridized carbons (Fsp3) is 0.619. The van der Waals surface area contributed by atoms with Crippen molar-refractivity contribution in [2.45, 2.75) is 62.5 Å². The lowest BCUT2D eigenvalue weighted by atomic mass is 9.96. The number of amides is 2. The summed E-state index contributed by atoms with van der Waals surface area (Å²) in [6.07, 6.45) is 3.92. The SMILES string of the molecule is O=C(COc1ccccc1)N[C@H]1CO[C@H]2[C@@H]1OC[C@H]2OC(=O)NC1CCCCC1. The van der Waals surface area contributed by atoms with Crippen LogP contribution in [-0.2, 0) is 19.0 Å². The van der Waals surface area contributed by atoms with E-state index in [9.17, 15) is 9.59 Å². The van der Waals surface area contributed by atoms with Crippen molar-refractivity contribution in [1.29, 1.82) is 0 Å². The molecule has 1 aromatic carbocycles. The number of para-hydroxylation sites is 1. The highest BCUT2D eigenvalue weighted by Gasteiger charge is 2.50. The van der Waals surface area contributed by atoms with Crippen LogP contribution in [-0.4, -0.2) is 62.2 Å². The van der Waals surface area contributed by atoms with Gasteiger partial charge < -0.3 is 29.6 Å². The number of rotatable bonds is 6. The molecule has 2 amide bonds. The molecule has 3 fully saturated rings. The van der Waals surface area contributed by atoms with Gasteiger partial charge in [0.2, 0.25) is 0 Å². The maximum Gasteiger partial charge on any atom is 0.407 e. The van der Waals surface area contributed by atoms with Crippen molar-refractivity contribution in [3.8, 4) is 5.75 Å². The Kier molecular flexibility index (Phi) is 6.51. The molecule has 2 saturated heterocycles. The minimum absolute atomic E-state index is 0.0817. The smallest absolute Gasteiger partial charge is 0.407 e. The van der Waals surface area contributed by atoms with Gasteiger partial charge >= 0.3 is 6.09 Å². The Morgan fingerprint density at radius 3 is 2.52 bits per heavy atom. The van der Waals surface area contributed by atoms with Crippen molar-refractivity contribution < 1.29 is 28.5 Å². The second-order valence-corrected chi connectivity index (χ2v) is 7.79. The highest BCUT2D eigenvalue weighted by molar-refractivity contribution is 5.78. The monoisotopic (exact) mass is 404 g/mol. The molecule has 158 valence electrons. The lowest BCUT2D eigenvalue weighted by Gasteiger charge is -2.24. The highest BCUT2D eigenvalue weighted by Crippen LogP contribution is 2.29. The third kappa shape index (κ3) is 5.19. The van der Waals surface area contributed by atoms with Crippen molar-refractivity contribution in [3.05, 3.63) is 30.3 Å². The van der Waals surface area contributed by atoms with Crippen LogP contribution in [0.3, 0.4) is 0 Å². The van der Waals surface area contributed by atoms with Crippen molar-refractivity contribution in [2.75, 3.05) is 19.8 Å². The molecule has 4 rings (SSSR count). The number of fused-ring (bicyclic) bond motifs is 1. The summed E-state index contributed by atoms with van der Waals surface area (Å²) < 4.78 is 22.6. The van der Waals surface area contributed by atoms with E-state index in [0.717, 1.165) is 25.7 Å². The Hall–Kier alpha value is -2.32. The normalized spacial score (nSPS) is 29.1. The number of carbonyl (C=O) groups is 2. The topological polar surface area (TPSA) is 95.1 Å². The van der Waals surface area contributed by atoms with Gasteiger partial charge in [0.05, 0.1) is 19.3 Å². The first kappa shape index (κ1) is 20.0. The van der Waals surface area contributed by atoms with Gasteiger partial charge in [0.25, 0.3) is 5.91 Å². The van der Waals surface area contributed by atoms with Crippen LogP contribution < -0.4 is 15.4 Å². The molecule has 1 saturated carbocycles. The van der Waals surface area contributed by atoms with Crippen LogP contribution in [0.4, 0.5) is 4.79 Å². The lowest BCUT2D eigenvalue weighted by molar-refractivity contribution is -0.124. The van der Waals surface area contributed by atoms with Gasteiger partial charge in [0.15, 0.2) is 12.7 Å². The zero-order chi connectivity index (χ0) is 20.1. The number of ether oxygens (including phenoxy) is 4. The summed E-state index contributed by atoms with van der Waals surface area (Å²) in [5.41, 5.74) is 0. The van der Waals surface area contributed by atoms with E-state index in [1.165, 1.54) is 6.42 Å². The molecule has 3 aliphatic rings. The fourth-order valence-corrected chi connectivity index (χ4v) is 4.19. The maximum atomic E-state index is 12.2. The van der Waals surface area contributed by atoms with E-state index in [1.807, 2.05) is 18.2 Å². The lowest BCUT2D eigenvalue weighted by Crippen LogP contribution is -2.46. The molecule has 2 aliphatic heterocycles. The Balaban J connectivity index is 1.21. The zero-order valence-electron chi connectivity index (χ0n) is 16.4. The largest absolute Gasteiger partial charge is 0.484 e. The summed E-state index contributed by atoms with van der Waals surface area (Å²) in [6, 6.07) is 9.07. The molecule has 0 spiro atoms. The van der Waals surface area contributed by atoms with Crippen LogP contribution >= 0.6 is 0 Å². The van der Waals surface area contributed by atoms with Gasteiger partial charge in [-0.3, -0.25) is 4.79 Å². The van der Waals surface area contributed by atoms with E-state index in [4.69, 9.17) is 18.9 Å². The minimum atomic E-state index is -0.467. The van der Waals surface area contributed by atoms with Gasteiger partial charge in [-0.25, -0.2) is 4.79 Å². The quantitative estimate of drug-likeness (QED) is 0.751. The van der Waals surface area contributed by atoms with Gasteiger partial charge in [-0.05, 0) is 25.0 Å². The Labute approximate surface area is 170 Å².